The number of rotatable bonds is 8. The van der Waals surface area contributed by atoms with Crippen molar-refractivity contribution in [3.05, 3.63) is 18.0 Å². The van der Waals surface area contributed by atoms with E-state index in [1.54, 1.807) is 0 Å². The summed E-state index contributed by atoms with van der Waals surface area (Å²) in [4.78, 5) is 11.2. The molecule has 0 bridgehead atoms. The van der Waals surface area contributed by atoms with Crippen LogP contribution in [0.2, 0.25) is 0 Å². The predicted octanol–water partition coefficient (Wildman–Crippen LogP) is 3.69. The number of hydrogen-bond acceptors (Lipinski definition) is 3. The van der Waals surface area contributed by atoms with E-state index >= 15 is 0 Å². The highest BCUT2D eigenvalue weighted by Crippen LogP contribution is 2.13. The third-order valence-electron chi connectivity index (χ3n) is 3.44. The minimum absolute atomic E-state index is 0.791. The van der Waals surface area contributed by atoms with Gasteiger partial charge in [-0.05, 0) is 31.2 Å². The lowest BCUT2D eigenvalue weighted by atomic mass is 10.0. The second-order valence-electron chi connectivity index (χ2n) is 5.01. The van der Waals surface area contributed by atoms with Crippen molar-refractivity contribution >= 4 is 5.95 Å². The fourth-order valence-corrected chi connectivity index (χ4v) is 2.11. The normalized spacial score (nSPS) is 12.4. The number of anilines is 1. The first-order chi connectivity index (χ1) is 8.71. The summed E-state index contributed by atoms with van der Waals surface area (Å²) >= 11 is 0. The molecular weight excluding hydrogens is 222 g/mol. The van der Waals surface area contributed by atoms with Gasteiger partial charge in [0.05, 0.1) is 0 Å². The number of hydrogen-bond donors (Lipinski definition) is 0. The van der Waals surface area contributed by atoms with Crippen LogP contribution in [-0.4, -0.2) is 23.1 Å². The summed E-state index contributed by atoms with van der Waals surface area (Å²) in [6, 6.07) is 0. The summed E-state index contributed by atoms with van der Waals surface area (Å²) in [5, 5.41) is 0. The van der Waals surface area contributed by atoms with Gasteiger partial charge >= 0.3 is 0 Å². The molecule has 0 N–H and O–H groups in total. The van der Waals surface area contributed by atoms with E-state index in [0.29, 0.717) is 0 Å². The van der Waals surface area contributed by atoms with Gasteiger partial charge in [-0.1, -0.05) is 33.6 Å². The number of aryl methyl sites for hydroxylation is 1. The molecule has 1 heterocycles. The fourth-order valence-electron chi connectivity index (χ4n) is 2.11. The summed E-state index contributed by atoms with van der Waals surface area (Å²) in [6.45, 7) is 10.9. The molecule has 1 aromatic heterocycles. The van der Waals surface area contributed by atoms with E-state index in [4.69, 9.17) is 0 Å². The van der Waals surface area contributed by atoms with E-state index in [9.17, 15) is 0 Å². The molecule has 0 aliphatic heterocycles. The Labute approximate surface area is 112 Å². The number of nitrogens with zero attached hydrogens (tertiary/aromatic N) is 3. The molecule has 0 spiro atoms. The van der Waals surface area contributed by atoms with Crippen molar-refractivity contribution in [3.8, 4) is 0 Å². The average molecular weight is 249 g/mol. The van der Waals surface area contributed by atoms with Crippen LogP contribution in [0.25, 0.3) is 0 Å². The molecule has 0 aromatic carbocycles. The summed E-state index contributed by atoms with van der Waals surface area (Å²) in [5.74, 6) is 1.66. The van der Waals surface area contributed by atoms with Crippen molar-refractivity contribution in [3.63, 3.8) is 0 Å². The zero-order valence-corrected chi connectivity index (χ0v) is 12.3. The molecule has 3 nitrogen and oxygen atoms in total. The molecule has 0 saturated carbocycles. The Balaban J connectivity index is 2.53. The van der Waals surface area contributed by atoms with Crippen molar-refractivity contribution in [2.75, 3.05) is 18.0 Å². The van der Waals surface area contributed by atoms with Crippen LogP contribution >= 0.6 is 0 Å². The second kappa shape index (κ2) is 8.06. The van der Waals surface area contributed by atoms with Gasteiger partial charge in [0.15, 0.2) is 0 Å². The molecule has 0 saturated heterocycles. The van der Waals surface area contributed by atoms with E-state index in [-0.39, 0.29) is 0 Å². The van der Waals surface area contributed by atoms with Crippen LogP contribution in [0.3, 0.4) is 0 Å². The minimum atomic E-state index is 0.791. The van der Waals surface area contributed by atoms with Crippen LogP contribution in [0.5, 0.6) is 0 Å². The van der Waals surface area contributed by atoms with Gasteiger partial charge < -0.3 is 4.90 Å². The Morgan fingerprint density at radius 2 is 1.78 bits per heavy atom. The largest absolute Gasteiger partial charge is 0.341 e. The van der Waals surface area contributed by atoms with Gasteiger partial charge in [-0.15, -0.1) is 0 Å². The smallest absolute Gasteiger partial charge is 0.225 e. The third kappa shape index (κ3) is 4.63. The topological polar surface area (TPSA) is 29.0 Å². The van der Waals surface area contributed by atoms with Crippen LogP contribution < -0.4 is 4.90 Å². The Morgan fingerprint density at radius 3 is 2.28 bits per heavy atom. The maximum absolute atomic E-state index is 4.46. The van der Waals surface area contributed by atoms with Crippen LogP contribution in [-0.2, 0) is 6.42 Å². The van der Waals surface area contributed by atoms with Crippen LogP contribution in [0.1, 0.15) is 52.5 Å². The maximum Gasteiger partial charge on any atom is 0.225 e. The quantitative estimate of drug-likeness (QED) is 0.703. The molecule has 1 rings (SSSR count). The standard InChI is InChI=1S/C15H27N3/c1-5-8-13(4)9-10-18(7-3)15-16-11-14(6-2)12-17-15/h11-13H,5-10H2,1-4H3. The van der Waals surface area contributed by atoms with Gasteiger partial charge in [-0.3, -0.25) is 0 Å². The summed E-state index contributed by atoms with van der Waals surface area (Å²) in [7, 11) is 0. The molecule has 3 heteroatoms. The second-order valence-corrected chi connectivity index (χ2v) is 5.01. The Bertz CT molecular complexity index is 321. The lowest BCUT2D eigenvalue weighted by Gasteiger charge is -2.22. The molecule has 0 aliphatic rings. The molecule has 18 heavy (non-hydrogen) atoms. The Hall–Kier alpha value is -1.12. The van der Waals surface area contributed by atoms with Gasteiger partial charge in [-0.25, -0.2) is 9.97 Å². The molecule has 102 valence electrons. The van der Waals surface area contributed by atoms with Crippen LogP contribution in [0, 0.1) is 5.92 Å². The lowest BCUT2D eigenvalue weighted by Crippen LogP contribution is -2.27. The van der Waals surface area contributed by atoms with Gasteiger partial charge in [-0.2, -0.15) is 0 Å². The molecule has 0 amide bonds. The van der Waals surface area contributed by atoms with Crippen molar-refractivity contribution in [1.29, 1.82) is 0 Å². The van der Waals surface area contributed by atoms with E-state index < -0.39 is 0 Å². The van der Waals surface area contributed by atoms with Crippen molar-refractivity contribution in [2.45, 2.75) is 53.4 Å². The maximum atomic E-state index is 4.46. The zero-order chi connectivity index (χ0) is 13.4. The molecule has 1 aromatic rings. The molecule has 0 aliphatic carbocycles. The highest BCUT2D eigenvalue weighted by atomic mass is 15.2. The van der Waals surface area contributed by atoms with E-state index in [2.05, 4.69) is 42.6 Å². The predicted molar refractivity (Wildman–Crippen MR) is 78.0 cm³/mol. The van der Waals surface area contributed by atoms with Crippen molar-refractivity contribution < 1.29 is 0 Å². The molecular formula is C15H27N3. The van der Waals surface area contributed by atoms with Crippen LogP contribution in [0.4, 0.5) is 5.95 Å². The first kappa shape index (κ1) is 14.9. The van der Waals surface area contributed by atoms with Gasteiger partial charge in [0.2, 0.25) is 5.95 Å². The van der Waals surface area contributed by atoms with E-state index in [1.165, 1.54) is 24.8 Å². The Morgan fingerprint density at radius 1 is 1.11 bits per heavy atom. The summed E-state index contributed by atoms with van der Waals surface area (Å²) in [5.41, 5.74) is 1.20. The van der Waals surface area contributed by atoms with E-state index in [0.717, 1.165) is 31.4 Å². The van der Waals surface area contributed by atoms with Crippen molar-refractivity contribution in [1.82, 2.24) is 9.97 Å². The summed E-state index contributed by atoms with van der Waals surface area (Å²) in [6.07, 6.45) is 8.70. The van der Waals surface area contributed by atoms with Gasteiger partial charge in [0.25, 0.3) is 0 Å². The molecule has 0 fully saturated rings. The SMILES string of the molecule is CCCC(C)CCN(CC)c1ncc(CC)cn1. The highest BCUT2D eigenvalue weighted by molar-refractivity contribution is 5.29. The molecule has 1 unspecified atom stereocenters. The minimum Gasteiger partial charge on any atom is -0.341 e. The van der Waals surface area contributed by atoms with Crippen LogP contribution in [0.15, 0.2) is 12.4 Å². The average Bonchev–Trinajstić information content (AvgIpc) is 2.40. The van der Waals surface area contributed by atoms with Crippen molar-refractivity contribution in [2.24, 2.45) is 5.92 Å². The lowest BCUT2D eigenvalue weighted by molar-refractivity contribution is 0.483. The van der Waals surface area contributed by atoms with E-state index in [1.807, 2.05) is 12.4 Å². The third-order valence-corrected chi connectivity index (χ3v) is 3.44. The fraction of sp³-hybridized carbons (Fsp3) is 0.733. The van der Waals surface area contributed by atoms with Gasteiger partial charge in [0.1, 0.15) is 0 Å². The zero-order valence-electron chi connectivity index (χ0n) is 12.3. The van der Waals surface area contributed by atoms with Gasteiger partial charge in [0, 0.05) is 25.5 Å². The summed E-state index contributed by atoms with van der Waals surface area (Å²) < 4.78 is 0. The Kier molecular flexibility index (Phi) is 6.69. The first-order valence-electron chi connectivity index (χ1n) is 7.27. The first-order valence-corrected chi connectivity index (χ1v) is 7.27. The number of aromatic nitrogens is 2. The highest BCUT2D eigenvalue weighted by Gasteiger charge is 2.09. The molecule has 1 atom stereocenters. The molecule has 0 radical (unpaired) electrons. The monoisotopic (exact) mass is 249 g/mol.